The van der Waals surface area contributed by atoms with Crippen molar-refractivity contribution < 1.29 is 111 Å². The third-order valence-electron chi connectivity index (χ3n) is 8.60. The van der Waals surface area contributed by atoms with Crippen LogP contribution >= 0.6 is 0 Å². The number of hydroxylamine groups is 3. The van der Waals surface area contributed by atoms with Crippen molar-refractivity contribution in [1.29, 1.82) is 0 Å². The number of benzene rings is 6. The molecule has 0 saturated carbocycles. The van der Waals surface area contributed by atoms with E-state index >= 15 is 0 Å². The van der Waals surface area contributed by atoms with E-state index in [1.165, 1.54) is 45.5 Å². The Bertz CT molecular complexity index is 1960. The number of hydrogen-bond donors (Lipinski definition) is 2. The van der Waals surface area contributed by atoms with Crippen LogP contribution in [-0.4, -0.2) is 36.5 Å². The van der Waals surface area contributed by atoms with Gasteiger partial charge in [0.25, 0.3) is 0 Å². The van der Waals surface area contributed by atoms with Crippen molar-refractivity contribution >= 4 is 45.8 Å². The molecule has 0 unspecified atom stereocenters. The molecule has 3 heterocycles. The summed E-state index contributed by atoms with van der Waals surface area (Å²) in [6.45, 7) is 10.1. The molecule has 2 N–H and O–H groups in total. The van der Waals surface area contributed by atoms with Crippen LogP contribution in [0.3, 0.4) is 0 Å². The van der Waals surface area contributed by atoms with Crippen LogP contribution in [0.2, 0.25) is 0 Å². The smallest absolute Gasteiger partial charge is 0.813 e. The van der Waals surface area contributed by atoms with Gasteiger partial charge < -0.3 is 38.3 Å². The molecule has 0 atom stereocenters. The molecule has 0 spiro atoms. The first-order chi connectivity index (χ1) is 23.7. The Morgan fingerprint density at radius 2 is 1.25 bits per heavy atom. The van der Waals surface area contributed by atoms with Gasteiger partial charge >= 0.3 is 91.3 Å². The van der Waals surface area contributed by atoms with Gasteiger partial charge in [0, 0.05) is 47.0 Å². The van der Waals surface area contributed by atoms with E-state index in [4.69, 9.17) is 14.4 Å². The molecule has 3 aliphatic heterocycles. The fraction of sp³-hybridized carbons (Fsp3) is 0.268. The van der Waals surface area contributed by atoms with Crippen molar-refractivity contribution in [3.8, 4) is 17.2 Å². The Hall–Kier alpha value is -1.35. The first kappa shape index (κ1) is 44.1. The van der Waals surface area contributed by atoms with Gasteiger partial charge in [-0.15, -0.1) is 11.6 Å². The first-order valence-electron chi connectivity index (χ1n) is 16.9. The summed E-state index contributed by atoms with van der Waals surface area (Å²) in [4.78, 5) is 11.2. The fourth-order valence-corrected chi connectivity index (χ4v) is 5.95. The topological polar surface area (TPSA) is 77.3 Å². The number of hydrogen-bond acceptors (Lipinski definition) is 7. The van der Waals surface area contributed by atoms with Crippen LogP contribution in [0.15, 0.2) is 109 Å². The van der Waals surface area contributed by atoms with Crippen molar-refractivity contribution in [2.24, 2.45) is 0 Å². The van der Waals surface area contributed by atoms with E-state index < -0.39 is 0 Å². The van der Waals surface area contributed by atoms with Gasteiger partial charge in [-0.05, 0) is 41.5 Å². The van der Waals surface area contributed by atoms with E-state index in [1.807, 2.05) is 60.5 Å². The second-order valence-electron chi connectivity index (χ2n) is 11.8. The van der Waals surface area contributed by atoms with E-state index in [9.17, 15) is 5.11 Å². The van der Waals surface area contributed by atoms with E-state index in [0.717, 1.165) is 67.2 Å². The molecule has 0 amide bonds. The average molecular weight is 872 g/mol. The van der Waals surface area contributed by atoms with Crippen molar-refractivity contribution in [3.05, 3.63) is 131 Å². The molecule has 0 aromatic heterocycles. The Morgan fingerprint density at radius 1 is 0.706 bits per heavy atom. The fourth-order valence-electron chi connectivity index (χ4n) is 5.95. The number of rotatable bonds is 4. The molecule has 3 aliphatic rings. The monoisotopic (exact) mass is 872 g/mol. The Labute approximate surface area is 383 Å². The van der Waals surface area contributed by atoms with Crippen LogP contribution in [0.5, 0.6) is 17.2 Å². The van der Waals surface area contributed by atoms with Gasteiger partial charge in [-0.25, -0.2) is 0 Å². The number of fused-ring (bicyclic) bond motifs is 7. The molecule has 1 fully saturated rings. The number of ether oxygens (including phenoxy) is 1. The Balaban J connectivity index is 0.000000188. The summed E-state index contributed by atoms with van der Waals surface area (Å²) < 4.78 is 4.94. The SMILES string of the molecule is C1CCOC1.CCN1Cc2ccc3ccccc3c2O1.CC[N-]Cc1ccc2ccccc2c1O.[Gd+2].[K+].[SH-].c1ccc2c3c(ccc2c1)CNO3. The number of nitrogens with zero attached hydrogens (tertiary/aromatic N) is 2. The molecule has 10 heteroatoms. The summed E-state index contributed by atoms with van der Waals surface area (Å²) in [6.07, 6.45) is 2.56. The van der Waals surface area contributed by atoms with E-state index in [2.05, 4.69) is 78.4 Å². The molecule has 0 radical (unpaired) electrons. The van der Waals surface area contributed by atoms with Crippen LogP contribution in [0.4, 0.5) is 0 Å². The van der Waals surface area contributed by atoms with Crippen molar-refractivity contribution in [3.63, 3.8) is 0 Å². The zero-order valence-corrected chi connectivity index (χ0v) is 35.9. The largest absolute Gasteiger partial charge is 2.00 e. The second-order valence-corrected chi connectivity index (χ2v) is 11.8. The molecule has 6 aromatic carbocycles. The minimum Gasteiger partial charge on any atom is -0.813 e. The molecule has 6 aromatic rings. The summed E-state index contributed by atoms with van der Waals surface area (Å²) in [5.41, 5.74) is 6.30. The van der Waals surface area contributed by atoms with Crippen LogP contribution in [0.25, 0.3) is 37.6 Å². The molecule has 1 saturated heterocycles. The minimum atomic E-state index is 0. The number of aromatic hydroxyl groups is 1. The molecule has 9 rings (SSSR count). The number of nitrogens with one attached hydrogen (secondary N) is 1. The maximum Gasteiger partial charge on any atom is 2.00 e. The quantitative estimate of drug-likeness (QED) is 0.125. The standard InChI is InChI=1S/C13H13NO.C13H14NO.C11H9NO.C4H8O.Gd.K.H2S/c1-2-14-9-11-8-7-10-5-3-4-6-12(10)13(11)15-14;1-2-14-9-11-8-7-10-5-3-4-6-12(10)13(11)15;1-2-4-10-8(3-1)5-6-9-7-12-13-11(9)10;1-2-4-5-3-1;;;/h3-8H,2,9H2,1H3;3-8,15H,2,9H2,1H3;1-6,12H,7H2;1-4H2;;;1H2/q;-1;;;+2;+1;/p-1. The van der Waals surface area contributed by atoms with Gasteiger partial charge in [0.15, 0.2) is 11.5 Å². The molecular formula is C41H45GdKN3O4S+. The van der Waals surface area contributed by atoms with Crippen LogP contribution < -0.4 is 66.5 Å². The van der Waals surface area contributed by atoms with Gasteiger partial charge in [-0.2, -0.15) is 12.0 Å². The van der Waals surface area contributed by atoms with Crippen LogP contribution in [0, 0.1) is 39.9 Å². The number of thiol groups is 1. The third kappa shape index (κ3) is 11.6. The van der Waals surface area contributed by atoms with Crippen LogP contribution in [-0.2, 0) is 37.9 Å². The zero-order valence-electron chi connectivity index (χ0n) is 29.6. The Kier molecular flexibility index (Phi) is 19.7. The van der Waals surface area contributed by atoms with Crippen molar-refractivity contribution in [1.82, 2.24) is 10.5 Å². The summed E-state index contributed by atoms with van der Waals surface area (Å²) >= 11 is 0. The first-order valence-corrected chi connectivity index (χ1v) is 16.9. The maximum absolute atomic E-state index is 10.0. The molecule has 51 heavy (non-hydrogen) atoms. The molecule has 0 bridgehead atoms. The van der Waals surface area contributed by atoms with Gasteiger partial charge in [-0.1, -0.05) is 116 Å². The predicted molar refractivity (Wildman–Crippen MR) is 204 cm³/mol. The third-order valence-corrected chi connectivity index (χ3v) is 8.60. The van der Waals surface area contributed by atoms with E-state index in [0.29, 0.717) is 12.3 Å². The Morgan fingerprint density at radius 3 is 1.84 bits per heavy atom. The van der Waals surface area contributed by atoms with Crippen molar-refractivity contribution in [2.75, 3.05) is 26.3 Å². The molecule has 7 nitrogen and oxygen atoms in total. The van der Waals surface area contributed by atoms with E-state index in [-0.39, 0.29) is 105 Å². The van der Waals surface area contributed by atoms with Crippen molar-refractivity contribution in [2.45, 2.75) is 46.3 Å². The molecular weight excluding hydrogens is 827 g/mol. The summed E-state index contributed by atoms with van der Waals surface area (Å²) in [5, 5.41) is 23.1. The average Bonchev–Trinajstić information content (AvgIpc) is 3.95. The summed E-state index contributed by atoms with van der Waals surface area (Å²) in [7, 11) is 0. The van der Waals surface area contributed by atoms with Gasteiger partial charge in [0.05, 0.1) is 13.1 Å². The summed E-state index contributed by atoms with van der Waals surface area (Å²) in [5.74, 6) is 2.39. The normalized spacial score (nSPS) is 13.6. The van der Waals surface area contributed by atoms with Crippen LogP contribution in [0.1, 0.15) is 43.4 Å². The van der Waals surface area contributed by atoms with Gasteiger partial charge in [0.1, 0.15) is 5.75 Å². The number of phenols is 1. The maximum atomic E-state index is 10.0. The minimum absolute atomic E-state index is 0. The summed E-state index contributed by atoms with van der Waals surface area (Å²) in [6, 6.07) is 37.0. The van der Waals surface area contributed by atoms with Gasteiger partial charge in [-0.3, -0.25) is 0 Å². The number of phenolic OH excluding ortho intramolecular Hbond substituents is 1. The second kappa shape index (κ2) is 22.8. The van der Waals surface area contributed by atoms with Gasteiger partial charge in [0.2, 0.25) is 0 Å². The molecule has 0 aliphatic carbocycles. The zero-order chi connectivity index (χ0) is 33.1. The molecule has 262 valence electrons. The van der Waals surface area contributed by atoms with E-state index in [1.54, 1.807) is 0 Å². The predicted octanol–water partition coefficient (Wildman–Crippen LogP) is 6.18.